The molecule has 17 heavy (non-hydrogen) atoms. The van der Waals surface area contributed by atoms with Crippen LogP contribution >= 0.6 is 23.1 Å². The van der Waals surface area contributed by atoms with Gasteiger partial charge in [-0.05, 0) is 11.6 Å². The molecule has 0 saturated carbocycles. The van der Waals surface area contributed by atoms with Crippen molar-refractivity contribution in [1.82, 2.24) is 10.2 Å². The van der Waals surface area contributed by atoms with Crippen molar-refractivity contribution >= 4 is 28.2 Å². The number of nitrogens with zero attached hydrogens (tertiary/aromatic N) is 3. The van der Waals surface area contributed by atoms with Gasteiger partial charge in [0.05, 0.1) is 0 Å². The van der Waals surface area contributed by atoms with E-state index in [-0.39, 0.29) is 0 Å². The van der Waals surface area contributed by atoms with E-state index in [2.05, 4.69) is 16.3 Å². The highest BCUT2D eigenvalue weighted by molar-refractivity contribution is 8.01. The zero-order chi connectivity index (χ0) is 12.3. The van der Waals surface area contributed by atoms with E-state index in [4.69, 9.17) is 5.73 Å². The van der Waals surface area contributed by atoms with Crippen molar-refractivity contribution in [2.45, 2.75) is 15.8 Å². The number of rotatable bonds is 4. The SMILES string of the molecule is CN(C)c1nnc(Sc2ccccc2CN)s1. The van der Waals surface area contributed by atoms with E-state index in [1.807, 2.05) is 37.2 Å². The Labute approximate surface area is 109 Å². The summed E-state index contributed by atoms with van der Waals surface area (Å²) in [7, 11) is 3.92. The van der Waals surface area contributed by atoms with Crippen molar-refractivity contribution < 1.29 is 0 Å². The Kier molecular flexibility index (Phi) is 3.98. The Morgan fingerprint density at radius 3 is 2.71 bits per heavy atom. The summed E-state index contributed by atoms with van der Waals surface area (Å²) in [4.78, 5) is 3.10. The van der Waals surface area contributed by atoms with E-state index in [1.54, 1.807) is 23.1 Å². The lowest BCUT2D eigenvalue weighted by atomic mass is 10.2. The minimum absolute atomic E-state index is 0.544. The van der Waals surface area contributed by atoms with Crippen LogP contribution in [0, 0.1) is 0 Å². The first kappa shape index (κ1) is 12.3. The summed E-state index contributed by atoms with van der Waals surface area (Å²) in [6.07, 6.45) is 0. The van der Waals surface area contributed by atoms with Gasteiger partial charge in [0.15, 0.2) is 4.34 Å². The van der Waals surface area contributed by atoms with Gasteiger partial charge in [-0.2, -0.15) is 0 Å². The van der Waals surface area contributed by atoms with Crippen LogP contribution in [0.3, 0.4) is 0 Å². The van der Waals surface area contributed by atoms with Crippen molar-refractivity contribution in [2.24, 2.45) is 5.73 Å². The third kappa shape index (κ3) is 2.96. The maximum atomic E-state index is 5.70. The first-order valence-electron chi connectivity index (χ1n) is 5.17. The largest absolute Gasteiger partial charge is 0.353 e. The molecule has 0 amide bonds. The molecule has 6 heteroatoms. The molecule has 0 radical (unpaired) electrons. The number of benzene rings is 1. The lowest BCUT2D eigenvalue weighted by molar-refractivity contribution is 0.970. The molecule has 2 N–H and O–H groups in total. The monoisotopic (exact) mass is 266 g/mol. The maximum Gasteiger partial charge on any atom is 0.208 e. The van der Waals surface area contributed by atoms with Gasteiger partial charge in [0.2, 0.25) is 5.13 Å². The number of hydrogen-bond acceptors (Lipinski definition) is 6. The summed E-state index contributed by atoms with van der Waals surface area (Å²) >= 11 is 3.20. The van der Waals surface area contributed by atoms with Crippen LogP contribution in [0.5, 0.6) is 0 Å². The van der Waals surface area contributed by atoms with Gasteiger partial charge in [0.25, 0.3) is 0 Å². The highest BCUT2D eigenvalue weighted by Crippen LogP contribution is 2.34. The number of nitrogens with two attached hydrogens (primary N) is 1. The second-order valence-electron chi connectivity index (χ2n) is 3.66. The summed E-state index contributed by atoms with van der Waals surface area (Å²) in [6.45, 7) is 0.544. The number of anilines is 1. The lowest BCUT2D eigenvalue weighted by Crippen LogP contribution is -2.07. The molecule has 0 saturated heterocycles. The van der Waals surface area contributed by atoms with Crippen molar-refractivity contribution in [2.75, 3.05) is 19.0 Å². The summed E-state index contributed by atoms with van der Waals surface area (Å²) in [5.41, 5.74) is 6.84. The van der Waals surface area contributed by atoms with E-state index in [9.17, 15) is 0 Å². The fourth-order valence-corrected chi connectivity index (χ4v) is 3.15. The van der Waals surface area contributed by atoms with Gasteiger partial charge < -0.3 is 10.6 Å². The average Bonchev–Trinajstić information content (AvgIpc) is 2.78. The quantitative estimate of drug-likeness (QED) is 0.919. The molecule has 0 aliphatic carbocycles. The standard InChI is InChI=1S/C11H14N4S2/c1-15(2)10-13-14-11(17-10)16-9-6-4-3-5-8(9)7-12/h3-6H,7,12H2,1-2H3. The van der Waals surface area contributed by atoms with E-state index in [1.165, 1.54) is 0 Å². The van der Waals surface area contributed by atoms with Crippen LogP contribution in [-0.2, 0) is 6.54 Å². The fourth-order valence-electron chi connectivity index (χ4n) is 1.29. The molecule has 1 heterocycles. The second kappa shape index (κ2) is 5.48. The predicted molar refractivity (Wildman–Crippen MR) is 72.7 cm³/mol. The summed E-state index contributed by atoms with van der Waals surface area (Å²) in [5, 5.41) is 9.18. The molecule has 0 bridgehead atoms. The molecule has 90 valence electrons. The minimum atomic E-state index is 0.544. The predicted octanol–water partition coefficient (Wildman–Crippen LogP) is 2.21. The topological polar surface area (TPSA) is 55.0 Å². The van der Waals surface area contributed by atoms with Crippen LogP contribution in [0.2, 0.25) is 0 Å². The molecule has 2 rings (SSSR count). The van der Waals surface area contributed by atoms with Crippen LogP contribution in [-0.4, -0.2) is 24.3 Å². The van der Waals surface area contributed by atoms with Gasteiger partial charge in [-0.3, -0.25) is 0 Å². The third-order valence-electron chi connectivity index (χ3n) is 2.17. The Balaban J connectivity index is 2.19. The van der Waals surface area contributed by atoms with Crippen molar-refractivity contribution in [1.29, 1.82) is 0 Å². The van der Waals surface area contributed by atoms with E-state index < -0.39 is 0 Å². The molecule has 4 nitrogen and oxygen atoms in total. The number of hydrogen-bond donors (Lipinski definition) is 1. The molecule has 1 aromatic carbocycles. The van der Waals surface area contributed by atoms with Gasteiger partial charge in [-0.25, -0.2) is 0 Å². The molecule has 0 spiro atoms. The Morgan fingerprint density at radius 2 is 2.06 bits per heavy atom. The van der Waals surface area contributed by atoms with Gasteiger partial charge in [-0.15, -0.1) is 10.2 Å². The maximum absolute atomic E-state index is 5.70. The van der Waals surface area contributed by atoms with Crippen molar-refractivity contribution in [3.05, 3.63) is 29.8 Å². The summed E-state index contributed by atoms with van der Waals surface area (Å²) < 4.78 is 0.939. The first-order valence-corrected chi connectivity index (χ1v) is 6.80. The van der Waals surface area contributed by atoms with Crippen LogP contribution < -0.4 is 10.6 Å². The molecule has 0 atom stereocenters. The van der Waals surface area contributed by atoms with Crippen molar-refractivity contribution in [3.8, 4) is 0 Å². The summed E-state index contributed by atoms with van der Waals surface area (Å²) in [6, 6.07) is 8.10. The first-order chi connectivity index (χ1) is 8.20. The highest BCUT2D eigenvalue weighted by atomic mass is 32.2. The Hall–Kier alpha value is -1.11. The smallest absolute Gasteiger partial charge is 0.208 e. The van der Waals surface area contributed by atoms with Gasteiger partial charge in [0, 0.05) is 25.5 Å². The molecule has 0 unspecified atom stereocenters. The average molecular weight is 266 g/mol. The van der Waals surface area contributed by atoms with Crippen LogP contribution in [0.25, 0.3) is 0 Å². The van der Waals surface area contributed by atoms with E-state index >= 15 is 0 Å². The van der Waals surface area contributed by atoms with E-state index in [0.29, 0.717) is 6.54 Å². The summed E-state index contributed by atoms with van der Waals surface area (Å²) in [5.74, 6) is 0. The Bertz CT molecular complexity index is 496. The van der Waals surface area contributed by atoms with E-state index in [0.717, 1.165) is 19.9 Å². The lowest BCUT2D eigenvalue weighted by Gasteiger charge is -2.05. The third-order valence-corrected chi connectivity index (χ3v) is 4.43. The minimum Gasteiger partial charge on any atom is -0.353 e. The zero-order valence-electron chi connectivity index (χ0n) is 9.75. The molecule has 0 aliphatic heterocycles. The molecule has 0 fully saturated rings. The van der Waals surface area contributed by atoms with Gasteiger partial charge in [0.1, 0.15) is 0 Å². The highest BCUT2D eigenvalue weighted by Gasteiger charge is 2.09. The fraction of sp³-hybridized carbons (Fsp3) is 0.273. The molecule has 1 aromatic heterocycles. The Morgan fingerprint density at radius 1 is 1.29 bits per heavy atom. The van der Waals surface area contributed by atoms with Gasteiger partial charge >= 0.3 is 0 Å². The number of aromatic nitrogens is 2. The van der Waals surface area contributed by atoms with Gasteiger partial charge in [-0.1, -0.05) is 41.3 Å². The van der Waals surface area contributed by atoms with Crippen LogP contribution in [0.15, 0.2) is 33.5 Å². The second-order valence-corrected chi connectivity index (χ2v) is 5.90. The zero-order valence-corrected chi connectivity index (χ0v) is 11.4. The normalized spacial score (nSPS) is 10.5. The van der Waals surface area contributed by atoms with Crippen LogP contribution in [0.4, 0.5) is 5.13 Å². The van der Waals surface area contributed by atoms with Crippen molar-refractivity contribution in [3.63, 3.8) is 0 Å². The molecular formula is C11H14N4S2. The molecule has 0 aliphatic rings. The molecule has 2 aromatic rings. The molecular weight excluding hydrogens is 252 g/mol. The van der Waals surface area contributed by atoms with Crippen LogP contribution in [0.1, 0.15) is 5.56 Å².